The van der Waals surface area contributed by atoms with Crippen LogP contribution < -0.4 is 0 Å². The Bertz CT molecular complexity index is 637. The maximum absolute atomic E-state index is 12.3. The van der Waals surface area contributed by atoms with Crippen LogP contribution in [-0.2, 0) is 14.6 Å². The normalized spacial score (nSPS) is 19.3. The van der Waals surface area contributed by atoms with E-state index in [0.717, 1.165) is 24.2 Å². The number of aromatic amines is 1. The van der Waals surface area contributed by atoms with Crippen molar-refractivity contribution < 1.29 is 13.2 Å². The lowest BCUT2D eigenvalue weighted by Crippen LogP contribution is -2.40. The number of H-pyrrole nitrogens is 1. The van der Waals surface area contributed by atoms with E-state index in [4.69, 9.17) is 0 Å². The Balaban J connectivity index is 1.89. The summed E-state index contributed by atoms with van der Waals surface area (Å²) in [4.78, 5) is 14.1. The Morgan fingerprint density at radius 2 is 2.22 bits per heavy atom. The summed E-state index contributed by atoms with van der Waals surface area (Å²) in [5.74, 6) is 0.374. The van der Waals surface area contributed by atoms with Gasteiger partial charge in [0.05, 0.1) is 17.2 Å². The molecule has 7 heteroatoms. The second kappa shape index (κ2) is 7.47. The van der Waals surface area contributed by atoms with E-state index >= 15 is 0 Å². The number of nitrogens with one attached hydrogen (secondary N) is 1. The molecule has 1 fully saturated rings. The summed E-state index contributed by atoms with van der Waals surface area (Å²) in [5.41, 5.74) is 2.01. The van der Waals surface area contributed by atoms with Gasteiger partial charge in [-0.3, -0.25) is 9.89 Å². The Labute approximate surface area is 138 Å². The predicted molar refractivity (Wildman–Crippen MR) is 90.0 cm³/mol. The van der Waals surface area contributed by atoms with Gasteiger partial charge in [-0.1, -0.05) is 13.8 Å². The Kier molecular flexibility index (Phi) is 5.84. The van der Waals surface area contributed by atoms with Gasteiger partial charge in [-0.15, -0.1) is 0 Å². The number of carbonyl (C=O) groups excluding carboxylic acids is 1. The number of piperidine rings is 1. The molecular weight excluding hydrogens is 314 g/mol. The zero-order valence-electron chi connectivity index (χ0n) is 14.2. The molecule has 1 amide bonds. The van der Waals surface area contributed by atoms with E-state index in [1.54, 1.807) is 4.90 Å². The van der Waals surface area contributed by atoms with Crippen molar-refractivity contribution in [3.05, 3.63) is 17.5 Å². The SMILES string of the molecule is Cc1cc([C@H]2CCCN(C(=O)CCS(=O)(=O)CC(C)C)C2)n[nH]1. The molecule has 2 rings (SSSR count). The minimum atomic E-state index is -3.14. The molecule has 0 bridgehead atoms. The van der Waals surface area contributed by atoms with Crippen LogP contribution in [0.5, 0.6) is 0 Å². The summed E-state index contributed by atoms with van der Waals surface area (Å²) < 4.78 is 23.9. The van der Waals surface area contributed by atoms with Crippen molar-refractivity contribution >= 4 is 15.7 Å². The van der Waals surface area contributed by atoms with Gasteiger partial charge in [0.2, 0.25) is 5.91 Å². The summed E-state index contributed by atoms with van der Waals surface area (Å²) >= 11 is 0. The van der Waals surface area contributed by atoms with Crippen LogP contribution in [0.2, 0.25) is 0 Å². The smallest absolute Gasteiger partial charge is 0.223 e. The van der Waals surface area contributed by atoms with Crippen LogP contribution in [0.1, 0.15) is 50.4 Å². The van der Waals surface area contributed by atoms with Gasteiger partial charge < -0.3 is 4.90 Å². The Morgan fingerprint density at radius 3 is 2.83 bits per heavy atom. The van der Waals surface area contributed by atoms with Crippen molar-refractivity contribution in [2.45, 2.75) is 46.0 Å². The number of hydrogen-bond acceptors (Lipinski definition) is 4. The molecule has 1 aliphatic rings. The van der Waals surface area contributed by atoms with Crippen molar-refractivity contribution in [1.29, 1.82) is 0 Å². The van der Waals surface area contributed by atoms with Crippen molar-refractivity contribution in [3.8, 4) is 0 Å². The molecular formula is C16H27N3O3S. The second-order valence-corrected chi connectivity index (χ2v) is 9.14. The summed E-state index contributed by atoms with van der Waals surface area (Å²) in [6.07, 6.45) is 2.03. The van der Waals surface area contributed by atoms with Gasteiger partial charge in [0.25, 0.3) is 0 Å². The average molecular weight is 341 g/mol. The van der Waals surface area contributed by atoms with E-state index in [0.29, 0.717) is 13.1 Å². The van der Waals surface area contributed by atoms with Crippen molar-refractivity contribution in [2.75, 3.05) is 24.6 Å². The molecule has 0 spiro atoms. The summed E-state index contributed by atoms with van der Waals surface area (Å²) in [6, 6.07) is 2.02. The molecule has 130 valence electrons. The third-order valence-electron chi connectivity index (χ3n) is 4.13. The van der Waals surface area contributed by atoms with E-state index in [9.17, 15) is 13.2 Å². The highest BCUT2D eigenvalue weighted by atomic mass is 32.2. The van der Waals surface area contributed by atoms with Gasteiger partial charge in [0.1, 0.15) is 0 Å². The first-order chi connectivity index (χ1) is 10.8. The fourth-order valence-electron chi connectivity index (χ4n) is 3.09. The van der Waals surface area contributed by atoms with Gasteiger partial charge >= 0.3 is 0 Å². The number of sulfone groups is 1. The van der Waals surface area contributed by atoms with E-state index in [2.05, 4.69) is 10.2 Å². The zero-order chi connectivity index (χ0) is 17.0. The molecule has 0 aromatic carbocycles. The lowest BCUT2D eigenvalue weighted by molar-refractivity contribution is -0.132. The number of amides is 1. The molecule has 1 atom stereocenters. The van der Waals surface area contributed by atoms with Gasteiger partial charge in [-0.2, -0.15) is 5.10 Å². The number of nitrogens with zero attached hydrogens (tertiary/aromatic N) is 2. The fraction of sp³-hybridized carbons (Fsp3) is 0.750. The van der Waals surface area contributed by atoms with Gasteiger partial charge in [0.15, 0.2) is 9.84 Å². The van der Waals surface area contributed by atoms with Gasteiger partial charge in [-0.25, -0.2) is 8.42 Å². The number of aryl methyl sites for hydroxylation is 1. The molecule has 1 saturated heterocycles. The van der Waals surface area contributed by atoms with E-state index in [-0.39, 0.29) is 35.7 Å². The lowest BCUT2D eigenvalue weighted by Gasteiger charge is -2.32. The highest BCUT2D eigenvalue weighted by Crippen LogP contribution is 2.26. The molecule has 1 N–H and O–H groups in total. The first-order valence-electron chi connectivity index (χ1n) is 8.27. The largest absolute Gasteiger partial charge is 0.342 e. The van der Waals surface area contributed by atoms with E-state index < -0.39 is 9.84 Å². The summed E-state index contributed by atoms with van der Waals surface area (Å²) in [6.45, 7) is 7.05. The van der Waals surface area contributed by atoms with Crippen molar-refractivity contribution in [1.82, 2.24) is 15.1 Å². The minimum Gasteiger partial charge on any atom is -0.342 e. The second-order valence-electron chi connectivity index (χ2n) is 6.91. The molecule has 23 heavy (non-hydrogen) atoms. The van der Waals surface area contributed by atoms with Crippen molar-refractivity contribution in [2.24, 2.45) is 5.92 Å². The standard InChI is InChI=1S/C16H27N3O3S/c1-12(2)11-23(21,22)8-6-16(20)19-7-4-5-14(10-19)15-9-13(3)17-18-15/h9,12,14H,4-8,10-11H2,1-3H3,(H,17,18)/t14-/m0/s1. The highest BCUT2D eigenvalue weighted by Gasteiger charge is 2.27. The number of carbonyl (C=O) groups is 1. The molecule has 1 aromatic rings. The quantitative estimate of drug-likeness (QED) is 0.856. The lowest BCUT2D eigenvalue weighted by atomic mass is 9.94. The van der Waals surface area contributed by atoms with Crippen LogP contribution in [0.15, 0.2) is 6.07 Å². The third-order valence-corrected chi connectivity index (χ3v) is 6.13. The molecule has 2 heterocycles. The fourth-order valence-corrected chi connectivity index (χ4v) is 4.75. The van der Waals surface area contributed by atoms with Crippen molar-refractivity contribution in [3.63, 3.8) is 0 Å². The molecule has 6 nitrogen and oxygen atoms in total. The number of aromatic nitrogens is 2. The van der Waals surface area contributed by atoms with E-state index in [1.165, 1.54) is 0 Å². The minimum absolute atomic E-state index is 0.0489. The maximum Gasteiger partial charge on any atom is 0.223 e. The van der Waals surface area contributed by atoms with Crippen LogP contribution in [-0.4, -0.2) is 54.0 Å². The Morgan fingerprint density at radius 1 is 1.48 bits per heavy atom. The number of rotatable bonds is 6. The zero-order valence-corrected chi connectivity index (χ0v) is 15.0. The third kappa shape index (κ3) is 5.34. The number of likely N-dealkylation sites (tertiary alicyclic amines) is 1. The average Bonchev–Trinajstić information content (AvgIpc) is 2.90. The van der Waals surface area contributed by atoms with Crippen LogP contribution in [0, 0.1) is 12.8 Å². The molecule has 0 unspecified atom stereocenters. The maximum atomic E-state index is 12.3. The Hall–Kier alpha value is -1.37. The molecule has 1 aliphatic heterocycles. The first-order valence-corrected chi connectivity index (χ1v) is 10.1. The molecule has 0 saturated carbocycles. The van der Waals surface area contributed by atoms with Gasteiger partial charge in [-0.05, 0) is 31.7 Å². The van der Waals surface area contributed by atoms with Crippen LogP contribution in [0.3, 0.4) is 0 Å². The molecule has 0 radical (unpaired) electrons. The van der Waals surface area contributed by atoms with Gasteiger partial charge in [0, 0.05) is 31.1 Å². The number of hydrogen-bond donors (Lipinski definition) is 1. The first kappa shape index (κ1) is 18.0. The van der Waals surface area contributed by atoms with Crippen LogP contribution >= 0.6 is 0 Å². The summed E-state index contributed by atoms with van der Waals surface area (Å²) in [7, 11) is -3.14. The van der Waals surface area contributed by atoms with Crippen LogP contribution in [0.25, 0.3) is 0 Å². The summed E-state index contributed by atoms with van der Waals surface area (Å²) in [5, 5.41) is 7.23. The highest BCUT2D eigenvalue weighted by molar-refractivity contribution is 7.91. The van der Waals surface area contributed by atoms with Crippen LogP contribution in [0.4, 0.5) is 0 Å². The molecule has 0 aliphatic carbocycles. The molecule has 1 aromatic heterocycles. The van der Waals surface area contributed by atoms with E-state index in [1.807, 2.05) is 26.8 Å². The predicted octanol–water partition coefficient (Wildman–Crippen LogP) is 1.89. The topological polar surface area (TPSA) is 83.1 Å². The monoisotopic (exact) mass is 341 g/mol.